The van der Waals surface area contributed by atoms with Gasteiger partial charge in [0.2, 0.25) is 0 Å². The second-order valence-electron chi connectivity index (χ2n) is 6.32. The zero-order chi connectivity index (χ0) is 13.6. The minimum absolute atomic E-state index is 0.149. The standard InChI is InChI=1S/C16H20FNO/c1-16(2)8-4-6-11(16)14(18)13-9-10-5-3-7-12(17)15(10)19-13/h3,5,7,9,11,14H,4,6,8,18H2,1-2H3. The molecule has 3 rings (SSSR count). The van der Waals surface area contributed by atoms with Gasteiger partial charge in [-0.25, -0.2) is 4.39 Å². The van der Waals surface area contributed by atoms with E-state index in [1.807, 2.05) is 12.1 Å². The normalized spacial score (nSPS) is 23.9. The molecule has 0 spiro atoms. The lowest BCUT2D eigenvalue weighted by Crippen LogP contribution is -2.29. The van der Waals surface area contributed by atoms with Crippen LogP contribution in [0, 0.1) is 17.2 Å². The van der Waals surface area contributed by atoms with Gasteiger partial charge in [-0.2, -0.15) is 0 Å². The number of para-hydroxylation sites is 1. The van der Waals surface area contributed by atoms with Crippen molar-refractivity contribution >= 4 is 11.0 Å². The van der Waals surface area contributed by atoms with Gasteiger partial charge >= 0.3 is 0 Å². The van der Waals surface area contributed by atoms with Gasteiger partial charge in [0.05, 0.1) is 6.04 Å². The van der Waals surface area contributed by atoms with Gasteiger partial charge in [0, 0.05) is 5.39 Å². The predicted molar refractivity (Wildman–Crippen MR) is 74.2 cm³/mol. The molecule has 0 bridgehead atoms. The maximum absolute atomic E-state index is 13.7. The second kappa shape index (κ2) is 4.34. The Labute approximate surface area is 112 Å². The monoisotopic (exact) mass is 261 g/mol. The van der Waals surface area contributed by atoms with Crippen LogP contribution in [0.25, 0.3) is 11.0 Å². The first-order valence-electron chi connectivity index (χ1n) is 6.92. The molecule has 1 aliphatic carbocycles. The topological polar surface area (TPSA) is 39.2 Å². The highest BCUT2D eigenvalue weighted by molar-refractivity contribution is 5.78. The Morgan fingerprint density at radius 1 is 1.42 bits per heavy atom. The summed E-state index contributed by atoms with van der Waals surface area (Å²) in [6.45, 7) is 4.52. The van der Waals surface area contributed by atoms with E-state index in [4.69, 9.17) is 10.2 Å². The van der Waals surface area contributed by atoms with Gasteiger partial charge in [0.25, 0.3) is 0 Å². The summed E-state index contributed by atoms with van der Waals surface area (Å²) in [5.74, 6) is 0.790. The van der Waals surface area contributed by atoms with E-state index in [1.54, 1.807) is 6.07 Å². The molecule has 0 amide bonds. The average molecular weight is 261 g/mol. The summed E-state index contributed by atoms with van der Waals surface area (Å²) in [4.78, 5) is 0. The number of fused-ring (bicyclic) bond motifs is 1. The molecular formula is C16H20FNO. The molecule has 102 valence electrons. The van der Waals surface area contributed by atoms with E-state index in [0.29, 0.717) is 17.3 Å². The smallest absolute Gasteiger partial charge is 0.169 e. The fraction of sp³-hybridized carbons (Fsp3) is 0.500. The summed E-state index contributed by atoms with van der Waals surface area (Å²) in [5, 5.41) is 0.793. The third-order valence-corrected chi connectivity index (χ3v) is 4.62. The second-order valence-corrected chi connectivity index (χ2v) is 6.32. The number of hydrogen-bond acceptors (Lipinski definition) is 2. The molecule has 0 radical (unpaired) electrons. The molecule has 3 heteroatoms. The van der Waals surface area contributed by atoms with Crippen LogP contribution < -0.4 is 5.73 Å². The summed E-state index contributed by atoms with van der Waals surface area (Å²) in [5.41, 5.74) is 6.93. The molecule has 19 heavy (non-hydrogen) atoms. The van der Waals surface area contributed by atoms with Gasteiger partial charge in [0.1, 0.15) is 5.76 Å². The fourth-order valence-corrected chi connectivity index (χ4v) is 3.43. The van der Waals surface area contributed by atoms with Gasteiger partial charge in [-0.05, 0) is 36.3 Å². The van der Waals surface area contributed by atoms with Crippen molar-refractivity contribution in [1.29, 1.82) is 0 Å². The summed E-state index contributed by atoms with van der Waals surface area (Å²) < 4.78 is 19.3. The molecule has 0 saturated heterocycles. The molecule has 0 aliphatic heterocycles. The molecule has 1 aromatic carbocycles. The van der Waals surface area contributed by atoms with Crippen molar-refractivity contribution in [2.24, 2.45) is 17.1 Å². The Balaban J connectivity index is 1.98. The van der Waals surface area contributed by atoms with Gasteiger partial charge < -0.3 is 10.2 Å². The van der Waals surface area contributed by atoms with Crippen molar-refractivity contribution in [2.75, 3.05) is 0 Å². The van der Waals surface area contributed by atoms with E-state index in [9.17, 15) is 4.39 Å². The quantitative estimate of drug-likeness (QED) is 0.870. The van der Waals surface area contributed by atoms with Crippen molar-refractivity contribution in [1.82, 2.24) is 0 Å². The van der Waals surface area contributed by atoms with Crippen LogP contribution in [0.2, 0.25) is 0 Å². The van der Waals surface area contributed by atoms with Crippen LogP contribution in [0.15, 0.2) is 28.7 Å². The highest BCUT2D eigenvalue weighted by atomic mass is 19.1. The predicted octanol–water partition coefficient (Wildman–Crippen LogP) is 4.40. The van der Waals surface area contributed by atoms with Gasteiger partial charge in [0.15, 0.2) is 11.4 Å². The van der Waals surface area contributed by atoms with Crippen molar-refractivity contribution in [3.05, 3.63) is 35.8 Å². The zero-order valence-electron chi connectivity index (χ0n) is 11.4. The zero-order valence-corrected chi connectivity index (χ0v) is 11.4. The Morgan fingerprint density at radius 2 is 2.21 bits per heavy atom. The molecule has 2 atom stereocenters. The van der Waals surface area contributed by atoms with Crippen molar-refractivity contribution in [3.63, 3.8) is 0 Å². The molecule has 1 aliphatic rings. The maximum atomic E-state index is 13.7. The van der Waals surface area contributed by atoms with E-state index in [-0.39, 0.29) is 17.3 Å². The van der Waals surface area contributed by atoms with E-state index in [0.717, 1.165) is 11.8 Å². The first-order chi connectivity index (χ1) is 8.99. The van der Waals surface area contributed by atoms with E-state index < -0.39 is 0 Å². The average Bonchev–Trinajstić information content (AvgIpc) is 2.92. The third-order valence-electron chi connectivity index (χ3n) is 4.62. The summed E-state index contributed by atoms with van der Waals surface area (Å²) in [6.07, 6.45) is 3.52. The summed E-state index contributed by atoms with van der Waals surface area (Å²) in [6, 6.07) is 6.71. The third kappa shape index (κ3) is 2.06. The van der Waals surface area contributed by atoms with Gasteiger partial charge in [-0.1, -0.05) is 32.4 Å². The molecule has 2 unspecified atom stereocenters. The van der Waals surface area contributed by atoms with Crippen LogP contribution in [0.5, 0.6) is 0 Å². The Hall–Kier alpha value is -1.35. The van der Waals surface area contributed by atoms with Gasteiger partial charge in [-0.15, -0.1) is 0 Å². The summed E-state index contributed by atoms with van der Waals surface area (Å²) in [7, 11) is 0. The highest BCUT2D eigenvalue weighted by Gasteiger charge is 2.39. The number of halogens is 1. The Bertz CT molecular complexity index is 602. The molecule has 1 heterocycles. The number of benzene rings is 1. The Morgan fingerprint density at radius 3 is 2.84 bits per heavy atom. The number of rotatable bonds is 2. The van der Waals surface area contributed by atoms with Crippen LogP contribution in [-0.4, -0.2) is 0 Å². The lowest BCUT2D eigenvalue weighted by molar-refractivity contribution is 0.208. The van der Waals surface area contributed by atoms with Crippen LogP contribution in [0.1, 0.15) is 44.9 Å². The molecule has 2 N–H and O–H groups in total. The van der Waals surface area contributed by atoms with Crippen LogP contribution >= 0.6 is 0 Å². The minimum Gasteiger partial charge on any atom is -0.456 e. The van der Waals surface area contributed by atoms with Crippen LogP contribution in [0.4, 0.5) is 4.39 Å². The molecular weight excluding hydrogens is 241 g/mol. The first-order valence-corrected chi connectivity index (χ1v) is 6.92. The summed E-state index contributed by atoms with van der Waals surface area (Å²) >= 11 is 0. The van der Waals surface area contributed by atoms with E-state index in [1.165, 1.54) is 18.9 Å². The highest BCUT2D eigenvalue weighted by Crippen LogP contribution is 2.48. The number of furan rings is 1. The maximum Gasteiger partial charge on any atom is 0.169 e. The van der Waals surface area contributed by atoms with Crippen LogP contribution in [0.3, 0.4) is 0 Å². The molecule has 1 aromatic heterocycles. The Kier molecular flexibility index (Phi) is 2.90. The van der Waals surface area contributed by atoms with Crippen molar-refractivity contribution in [2.45, 2.75) is 39.2 Å². The molecule has 2 aromatic rings. The molecule has 1 fully saturated rings. The van der Waals surface area contributed by atoms with Crippen LogP contribution in [-0.2, 0) is 0 Å². The largest absolute Gasteiger partial charge is 0.456 e. The van der Waals surface area contributed by atoms with Crippen molar-refractivity contribution in [3.8, 4) is 0 Å². The fourth-order valence-electron chi connectivity index (χ4n) is 3.43. The number of nitrogens with two attached hydrogens (primary N) is 1. The SMILES string of the molecule is CC1(C)CCCC1C(N)c1cc2cccc(F)c2o1. The van der Waals surface area contributed by atoms with Crippen molar-refractivity contribution < 1.29 is 8.81 Å². The minimum atomic E-state index is -0.318. The van der Waals surface area contributed by atoms with E-state index in [2.05, 4.69) is 13.8 Å². The lowest BCUT2D eigenvalue weighted by Gasteiger charge is -2.30. The first kappa shape index (κ1) is 12.7. The van der Waals surface area contributed by atoms with E-state index >= 15 is 0 Å². The number of hydrogen-bond donors (Lipinski definition) is 1. The lowest BCUT2D eigenvalue weighted by atomic mass is 9.77. The molecule has 1 saturated carbocycles. The van der Waals surface area contributed by atoms with Gasteiger partial charge in [-0.3, -0.25) is 0 Å². The molecule has 2 nitrogen and oxygen atoms in total.